The fraction of sp³-hybridized carbons (Fsp3) is 0.368. The van der Waals surface area contributed by atoms with Gasteiger partial charge in [0.2, 0.25) is 0 Å². The topological polar surface area (TPSA) is 63.9 Å². The first kappa shape index (κ1) is 18.4. The zero-order valence-electron chi connectivity index (χ0n) is 15.2. The van der Waals surface area contributed by atoms with Gasteiger partial charge < -0.3 is 4.90 Å². The predicted octanol–water partition coefficient (Wildman–Crippen LogP) is 3.49. The van der Waals surface area contributed by atoms with Crippen molar-refractivity contribution in [3.63, 3.8) is 0 Å². The Morgan fingerprint density at radius 3 is 2.50 bits per heavy atom. The van der Waals surface area contributed by atoms with Gasteiger partial charge in [0.1, 0.15) is 11.2 Å². The van der Waals surface area contributed by atoms with Crippen molar-refractivity contribution in [2.45, 2.75) is 32.5 Å². The van der Waals surface area contributed by atoms with Crippen LogP contribution >= 0.6 is 0 Å². The molecule has 1 fully saturated rings. The van der Waals surface area contributed by atoms with Gasteiger partial charge in [-0.25, -0.2) is 9.97 Å². The van der Waals surface area contributed by atoms with E-state index in [1.165, 1.54) is 17.0 Å². The van der Waals surface area contributed by atoms with Crippen molar-refractivity contribution >= 4 is 16.7 Å². The average Bonchev–Trinajstić information content (AvgIpc) is 3.22. The van der Waals surface area contributed by atoms with Crippen molar-refractivity contribution in [2.75, 3.05) is 18.0 Å². The highest BCUT2D eigenvalue weighted by atomic mass is 19.4. The van der Waals surface area contributed by atoms with E-state index in [4.69, 9.17) is 0 Å². The number of halogens is 3. The fourth-order valence-electron chi connectivity index (χ4n) is 3.39. The summed E-state index contributed by atoms with van der Waals surface area (Å²) in [5, 5.41) is 0.399. The van der Waals surface area contributed by atoms with E-state index in [1.54, 1.807) is 6.07 Å². The summed E-state index contributed by atoms with van der Waals surface area (Å²) >= 11 is 0. The molecule has 6 nitrogen and oxygen atoms in total. The maximum atomic E-state index is 12.8. The summed E-state index contributed by atoms with van der Waals surface area (Å²) in [6.07, 6.45) is 0.169. The van der Waals surface area contributed by atoms with Crippen LogP contribution < -0.4 is 10.5 Å². The van der Waals surface area contributed by atoms with Crippen molar-refractivity contribution < 1.29 is 13.2 Å². The first-order valence-electron chi connectivity index (χ1n) is 9.07. The van der Waals surface area contributed by atoms with E-state index in [1.807, 2.05) is 6.92 Å². The molecule has 3 aromatic heterocycles. The molecule has 28 heavy (non-hydrogen) atoms. The van der Waals surface area contributed by atoms with Gasteiger partial charge in [-0.3, -0.25) is 14.3 Å². The molecular weight excluding hydrogens is 371 g/mol. The lowest BCUT2D eigenvalue weighted by molar-refractivity contribution is -0.141. The van der Waals surface area contributed by atoms with Crippen LogP contribution in [0.25, 0.3) is 22.2 Å². The maximum Gasteiger partial charge on any atom is 0.433 e. The largest absolute Gasteiger partial charge is 0.433 e. The summed E-state index contributed by atoms with van der Waals surface area (Å²) in [4.78, 5) is 27.5. The molecule has 0 amide bonds. The molecule has 4 heterocycles. The highest BCUT2D eigenvalue weighted by Gasteiger charge is 2.32. The Hall–Kier alpha value is -2.97. The molecule has 9 heteroatoms. The number of hydrogen-bond acceptors (Lipinski definition) is 5. The van der Waals surface area contributed by atoms with Crippen LogP contribution in [0.4, 0.5) is 19.0 Å². The zero-order chi connectivity index (χ0) is 19.9. The molecule has 0 N–H and O–H groups in total. The van der Waals surface area contributed by atoms with Crippen LogP contribution in [-0.4, -0.2) is 32.6 Å². The van der Waals surface area contributed by atoms with E-state index in [0.717, 1.165) is 38.2 Å². The van der Waals surface area contributed by atoms with Crippen LogP contribution in [-0.2, 0) is 12.7 Å². The third-order valence-electron chi connectivity index (χ3n) is 4.89. The summed E-state index contributed by atoms with van der Waals surface area (Å²) in [7, 11) is 0. The van der Waals surface area contributed by atoms with Crippen molar-refractivity contribution in [1.29, 1.82) is 0 Å². The second-order valence-electron chi connectivity index (χ2n) is 6.69. The van der Waals surface area contributed by atoms with Gasteiger partial charge in [0.15, 0.2) is 5.82 Å². The molecule has 0 saturated carbocycles. The Bertz CT molecular complexity index is 1070. The van der Waals surface area contributed by atoms with Crippen LogP contribution in [0.2, 0.25) is 0 Å². The minimum absolute atomic E-state index is 0.198. The van der Waals surface area contributed by atoms with Crippen LogP contribution in [0, 0.1) is 0 Å². The lowest BCUT2D eigenvalue weighted by Gasteiger charge is -2.19. The molecule has 1 saturated heterocycles. The highest BCUT2D eigenvalue weighted by Crippen LogP contribution is 2.31. The van der Waals surface area contributed by atoms with Crippen molar-refractivity contribution in [1.82, 2.24) is 19.5 Å². The Balaban J connectivity index is 1.91. The zero-order valence-corrected chi connectivity index (χ0v) is 15.2. The molecular formula is C19H18F3N5O. The SMILES string of the molecule is CCn1cnc2c(N3CCCC3)nc(-c3ccc(C(F)(F)F)nc3)cc2c1=O. The highest BCUT2D eigenvalue weighted by molar-refractivity contribution is 5.91. The van der Waals surface area contributed by atoms with Crippen molar-refractivity contribution in [2.24, 2.45) is 0 Å². The molecule has 0 aliphatic carbocycles. The van der Waals surface area contributed by atoms with Gasteiger partial charge in [0, 0.05) is 31.4 Å². The molecule has 3 aromatic rings. The molecule has 0 radical (unpaired) electrons. The number of hydrogen-bond donors (Lipinski definition) is 0. The average molecular weight is 389 g/mol. The van der Waals surface area contributed by atoms with Crippen LogP contribution in [0.15, 0.2) is 35.5 Å². The van der Waals surface area contributed by atoms with Crippen LogP contribution in [0.3, 0.4) is 0 Å². The number of rotatable bonds is 3. The quantitative estimate of drug-likeness (QED) is 0.686. The van der Waals surface area contributed by atoms with Crippen molar-refractivity contribution in [3.8, 4) is 11.3 Å². The molecule has 146 valence electrons. The fourth-order valence-corrected chi connectivity index (χ4v) is 3.39. The number of pyridine rings is 2. The third-order valence-corrected chi connectivity index (χ3v) is 4.89. The number of alkyl halides is 3. The summed E-state index contributed by atoms with van der Waals surface area (Å²) in [5.74, 6) is 0.588. The smallest absolute Gasteiger partial charge is 0.355 e. The molecule has 0 unspecified atom stereocenters. The first-order valence-corrected chi connectivity index (χ1v) is 9.07. The molecule has 0 bridgehead atoms. The van der Waals surface area contributed by atoms with Gasteiger partial charge in [-0.15, -0.1) is 0 Å². The lowest BCUT2D eigenvalue weighted by atomic mass is 10.1. The number of aromatic nitrogens is 4. The van der Waals surface area contributed by atoms with E-state index < -0.39 is 11.9 Å². The molecule has 1 aliphatic heterocycles. The van der Waals surface area contributed by atoms with Gasteiger partial charge in [-0.2, -0.15) is 13.2 Å². The van der Waals surface area contributed by atoms with E-state index in [9.17, 15) is 18.0 Å². The monoisotopic (exact) mass is 389 g/mol. The van der Waals surface area contributed by atoms with Gasteiger partial charge in [-0.1, -0.05) is 0 Å². The van der Waals surface area contributed by atoms with Gasteiger partial charge in [0.05, 0.1) is 17.4 Å². The third kappa shape index (κ3) is 3.21. The summed E-state index contributed by atoms with van der Waals surface area (Å²) in [6.45, 7) is 3.92. The van der Waals surface area contributed by atoms with Crippen LogP contribution in [0.5, 0.6) is 0 Å². The summed E-state index contributed by atoms with van der Waals surface area (Å²) in [6, 6.07) is 3.83. The van der Waals surface area contributed by atoms with E-state index >= 15 is 0 Å². The maximum absolute atomic E-state index is 12.8. The van der Waals surface area contributed by atoms with Gasteiger partial charge in [0.25, 0.3) is 5.56 Å². The Kier molecular flexibility index (Phi) is 4.52. The Labute approximate surface area is 158 Å². The van der Waals surface area contributed by atoms with E-state index in [-0.39, 0.29) is 5.56 Å². The van der Waals surface area contributed by atoms with E-state index in [2.05, 4.69) is 19.9 Å². The number of fused-ring (bicyclic) bond motifs is 1. The Morgan fingerprint density at radius 2 is 1.89 bits per heavy atom. The van der Waals surface area contributed by atoms with Crippen LogP contribution in [0.1, 0.15) is 25.5 Å². The minimum atomic E-state index is -4.51. The number of nitrogens with zero attached hydrogens (tertiary/aromatic N) is 5. The Morgan fingerprint density at radius 1 is 1.14 bits per heavy atom. The second-order valence-corrected chi connectivity index (χ2v) is 6.69. The minimum Gasteiger partial charge on any atom is -0.355 e. The van der Waals surface area contributed by atoms with Gasteiger partial charge >= 0.3 is 6.18 Å². The van der Waals surface area contributed by atoms with E-state index in [0.29, 0.717) is 34.5 Å². The molecule has 0 atom stereocenters. The molecule has 1 aliphatic rings. The standard InChI is InChI=1S/C19H18F3N5O/c1-2-26-11-24-16-13(18(26)28)9-14(25-17(16)27-7-3-4-8-27)12-5-6-15(23-10-12)19(20,21)22/h5-6,9-11H,2-4,7-8H2,1H3. The number of aryl methyl sites for hydroxylation is 1. The first-order chi connectivity index (χ1) is 13.4. The second kappa shape index (κ2) is 6.88. The molecule has 4 rings (SSSR count). The number of anilines is 1. The molecule has 0 aromatic carbocycles. The lowest BCUT2D eigenvalue weighted by Crippen LogP contribution is -2.24. The van der Waals surface area contributed by atoms with Crippen molar-refractivity contribution in [3.05, 3.63) is 46.8 Å². The predicted molar refractivity (Wildman–Crippen MR) is 99.2 cm³/mol. The summed E-state index contributed by atoms with van der Waals surface area (Å²) in [5.41, 5.74) is 0.175. The normalized spacial score (nSPS) is 14.8. The van der Waals surface area contributed by atoms with Gasteiger partial charge in [-0.05, 0) is 38.0 Å². The molecule has 0 spiro atoms. The summed E-state index contributed by atoms with van der Waals surface area (Å²) < 4.78 is 39.9.